The van der Waals surface area contributed by atoms with Gasteiger partial charge in [0, 0.05) is 18.0 Å². The fourth-order valence-electron chi connectivity index (χ4n) is 3.24. The third-order valence-corrected chi connectivity index (χ3v) is 8.82. The lowest BCUT2D eigenvalue weighted by atomic mass is 10.1. The predicted molar refractivity (Wildman–Crippen MR) is 107 cm³/mol. The van der Waals surface area contributed by atoms with Crippen molar-refractivity contribution in [3.63, 3.8) is 0 Å². The zero-order chi connectivity index (χ0) is 19.8. The molecule has 0 bridgehead atoms. The van der Waals surface area contributed by atoms with E-state index in [0.29, 0.717) is 11.3 Å². The van der Waals surface area contributed by atoms with E-state index in [4.69, 9.17) is 4.74 Å². The summed E-state index contributed by atoms with van der Waals surface area (Å²) in [6.45, 7) is 0.277. The number of nitrogens with zero attached hydrogens (tertiary/aromatic N) is 1. The maximum absolute atomic E-state index is 13.1. The second-order valence-electron chi connectivity index (χ2n) is 6.53. The van der Waals surface area contributed by atoms with E-state index in [0.717, 1.165) is 5.56 Å². The normalized spacial score (nSPS) is 19.0. The molecule has 0 aliphatic carbocycles. The molecule has 2 N–H and O–H groups in total. The van der Waals surface area contributed by atoms with Gasteiger partial charge in [-0.2, -0.15) is 10.6 Å². The summed E-state index contributed by atoms with van der Waals surface area (Å²) < 4.78 is 52.9. The van der Waals surface area contributed by atoms with Crippen molar-refractivity contribution in [2.75, 3.05) is 5.75 Å². The Morgan fingerprint density at radius 1 is 1.07 bits per heavy atom. The van der Waals surface area contributed by atoms with Crippen LogP contribution in [0, 0.1) is 0 Å². The Bertz CT molecular complexity index is 1090. The molecule has 3 aromatic rings. The van der Waals surface area contributed by atoms with Crippen LogP contribution >= 0.6 is 10.6 Å². The lowest BCUT2D eigenvalue weighted by molar-refractivity contribution is 0.305. The van der Waals surface area contributed by atoms with Crippen LogP contribution in [0.1, 0.15) is 16.4 Å². The first-order valence-corrected chi connectivity index (χ1v) is 11.8. The van der Waals surface area contributed by atoms with E-state index in [2.05, 4.69) is 4.98 Å². The molecule has 28 heavy (non-hydrogen) atoms. The maximum atomic E-state index is 13.1. The number of sulfone groups is 1. The number of hydrogen-bond donors (Lipinski definition) is 2. The summed E-state index contributed by atoms with van der Waals surface area (Å²) in [5.74, 6) is 0.221. The van der Waals surface area contributed by atoms with Crippen LogP contribution < -0.4 is 4.74 Å². The van der Waals surface area contributed by atoms with Gasteiger partial charge in [-0.05, 0) is 42.0 Å². The molecule has 0 spiro atoms. The van der Waals surface area contributed by atoms with Crippen LogP contribution in [-0.2, 0) is 16.4 Å². The Balaban J connectivity index is 1.68. The molecule has 2 heterocycles. The van der Waals surface area contributed by atoms with Crippen molar-refractivity contribution < 1.29 is 22.3 Å². The zero-order valence-electron chi connectivity index (χ0n) is 14.8. The van der Waals surface area contributed by atoms with E-state index in [1.165, 1.54) is 12.1 Å². The molecule has 0 saturated carbocycles. The fourth-order valence-corrected chi connectivity index (χ4v) is 7.64. The quantitative estimate of drug-likeness (QED) is 0.642. The van der Waals surface area contributed by atoms with E-state index in [9.17, 15) is 17.5 Å². The number of fused-ring (bicyclic) bond motifs is 1. The molecule has 1 unspecified atom stereocenters. The first-order chi connectivity index (χ1) is 13.4. The minimum Gasteiger partial charge on any atom is -0.489 e. The van der Waals surface area contributed by atoms with Gasteiger partial charge in [-0.25, -0.2) is 8.42 Å². The Kier molecular flexibility index (Phi) is 4.88. The van der Waals surface area contributed by atoms with Gasteiger partial charge in [-0.1, -0.05) is 24.3 Å². The van der Waals surface area contributed by atoms with Crippen LogP contribution in [0.3, 0.4) is 0 Å². The minimum absolute atomic E-state index is 0.157. The van der Waals surface area contributed by atoms with Crippen LogP contribution in [0.25, 0.3) is 0 Å². The summed E-state index contributed by atoms with van der Waals surface area (Å²) in [5.41, 5.74) is 1.26. The van der Waals surface area contributed by atoms with E-state index in [1.54, 1.807) is 54.9 Å². The van der Waals surface area contributed by atoms with Crippen molar-refractivity contribution in [1.29, 1.82) is 0 Å². The predicted octanol–water partition coefficient (Wildman–Crippen LogP) is 4.30. The molecule has 4 rings (SSSR count). The van der Waals surface area contributed by atoms with E-state index >= 15 is 0 Å². The molecule has 2 aromatic carbocycles. The zero-order valence-corrected chi connectivity index (χ0v) is 16.4. The average molecular weight is 418 g/mol. The van der Waals surface area contributed by atoms with Crippen LogP contribution in [0.2, 0.25) is 0 Å². The lowest BCUT2D eigenvalue weighted by Gasteiger charge is -2.27. The summed E-state index contributed by atoms with van der Waals surface area (Å²) in [4.78, 5) is 4.46. The third kappa shape index (κ3) is 3.51. The van der Waals surface area contributed by atoms with E-state index in [1.807, 2.05) is 6.07 Å². The largest absolute Gasteiger partial charge is 0.489 e. The van der Waals surface area contributed by atoms with Gasteiger partial charge < -0.3 is 4.74 Å². The van der Waals surface area contributed by atoms with E-state index < -0.39 is 25.7 Å². The maximum Gasteiger partial charge on any atom is 0.187 e. The van der Waals surface area contributed by atoms with Crippen LogP contribution in [0.15, 0.2) is 82.8 Å². The molecule has 1 aliphatic heterocycles. The molecular weight excluding hydrogens is 398 g/mol. The average Bonchev–Trinajstić information content (AvgIpc) is 2.99. The van der Waals surface area contributed by atoms with Crippen molar-refractivity contribution in [2.45, 2.75) is 21.6 Å². The molecular formula is C20H19NO5S2. The van der Waals surface area contributed by atoms with Gasteiger partial charge in [0.1, 0.15) is 17.6 Å². The third-order valence-electron chi connectivity index (χ3n) is 4.64. The van der Waals surface area contributed by atoms with Crippen LogP contribution in [-0.4, -0.2) is 28.3 Å². The van der Waals surface area contributed by atoms with Crippen LogP contribution in [0.5, 0.6) is 5.75 Å². The van der Waals surface area contributed by atoms with Gasteiger partial charge in [0.15, 0.2) is 9.84 Å². The van der Waals surface area contributed by atoms with E-state index in [-0.39, 0.29) is 22.2 Å². The fraction of sp³-hybridized carbons (Fsp3) is 0.150. The van der Waals surface area contributed by atoms with Gasteiger partial charge in [-0.15, -0.1) is 0 Å². The van der Waals surface area contributed by atoms with Crippen molar-refractivity contribution in [2.24, 2.45) is 0 Å². The highest BCUT2D eigenvalue weighted by Crippen LogP contribution is 2.61. The minimum atomic E-state index is -3.77. The monoisotopic (exact) mass is 417 g/mol. The van der Waals surface area contributed by atoms with Gasteiger partial charge in [-0.3, -0.25) is 14.1 Å². The molecule has 1 aliphatic rings. The number of benzene rings is 2. The summed E-state index contributed by atoms with van der Waals surface area (Å²) in [7, 11) is -6.95. The molecule has 1 atom stereocenters. The molecule has 0 amide bonds. The second-order valence-corrected chi connectivity index (χ2v) is 10.8. The van der Waals surface area contributed by atoms with Gasteiger partial charge in [0.2, 0.25) is 0 Å². The van der Waals surface area contributed by atoms with Gasteiger partial charge in [0.05, 0.1) is 15.5 Å². The summed E-state index contributed by atoms with van der Waals surface area (Å²) >= 11 is 0. The highest BCUT2D eigenvalue weighted by molar-refractivity contribution is 8.25. The van der Waals surface area contributed by atoms with Crippen molar-refractivity contribution in [3.05, 3.63) is 84.2 Å². The number of aromatic nitrogens is 1. The second kappa shape index (κ2) is 7.21. The lowest BCUT2D eigenvalue weighted by Crippen LogP contribution is -2.15. The Morgan fingerprint density at radius 2 is 1.86 bits per heavy atom. The first-order valence-electron chi connectivity index (χ1n) is 8.58. The van der Waals surface area contributed by atoms with Gasteiger partial charge in [0.25, 0.3) is 0 Å². The molecule has 0 saturated heterocycles. The number of rotatable bonds is 5. The van der Waals surface area contributed by atoms with Crippen molar-refractivity contribution in [1.82, 2.24) is 4.98 Å². The Hall–Kier alpha value is -2.39. The summed E-state index contributed by atoms with van der Waals surface area (Å²) in [5, 5.41) is -1.03. The highest BCUT2D eigenvalue weighted by Gasteiger charge is 2.43. The Morgan fingerprint density at radius 3 is 2.57 bits per heavy atom. The first kappa shape index (κ1) is 18.9. The molecule has 1 aromatic heterocycles. The van der Waals surface area contributed by atoms with Crippen LogP contribution in [0.4, 0.5) is 0 Å². The van der Waals surface area contributed by atoms with Gasteiger partial charge >= 0.3 is 0 Å². The standard InChI is InChI=1S/C20H19NO5S2/c22-27(23)14-20(28(24,25)17-6-2-1-3-7-17)18-11-16(8-9-19(18)27)26-13-15-5-4-10-21-12-15/h1-12,20,22-23H,13-14H2. The summed E-state index contributed by atoms with van der Waals surface area (Å²) in [6.07, 6.45) is 3.36. The smallest absolute Gasteiger partial charge is 0.187 e. The molecule has 0 fully saturated rings. The van der Waals surface area contributed by atoms with Crippen molar-refractivity contribution >= 4 is 20.4 Å². The molecule has 8 heteroatoms. The van der Waals surface area contributed by atoms with Crippen molar-refractivity contribution in [3.8, 4) is 5.75 Å². The number of hydrogen-bond acceptors (Lipinski definition) is 6. The SMILES string of the molecule is O=S(=O)(c1ccccc1)C1CS(O)(O)c2ccc(OCc3cccnc3)cc21. The molecule has 146 valence electrons. The molecule has 0 radical (unpaired) electrons. The highest BCUT2D eigenvalue weighted by atomic mass is 32.3. The molecule has 6 nitrogen and oxygen atoms in total. The topological polar surface area (TPSA) is 96.7 Å². The number of pyridine rings is 1. The number of ether oxygens (including phenoxy) is 1. The Labute approximate surface area is 165 Å². The summed E-state index contributed by atoms with van der Waals surface area (Å²) in [6, 6.07) is 16.5.